The molecular weight excluding hydrogens is 278 g/mol. The SMILES string of the molecule is Cc1ccc(CN(CCC(C)C)C[C@@H](O)COCC(C)C)o1. The summed E-state index contributed by atoms with van der Waals surface area (Å²) in [5, 5.41) is 10.2. The van der Waals surface area contributed by atoms with E-state index in [1.165, 1.54) is 0 Å². The number of nitrogens with zero attached hydrogens (tertiary/aromatic N) is 1. The van der Waals surface area contributed by atoms with Crippen LogP contribution in [0.4, 0.5) is 0 Å². The number of ether oxygens (including phenoxy) is 1. The van der Waals surface area contributed by atoms with Crippen molar-refractivity contribution in [1.29, 1.82) is 0 Å². The van der Waals surface area contributed by atoms with Gasteiger partial charge in [0.25, 0.3) is 0 Å². The molecule has 0 aromatic carbocycles. The molecule has 22 heavy (non-hydrogen) atoms. The summed E-state index contributed by atoms with van der Waals surface area (Å²) in [6.07, 6.45) is 0.654. The molecule has 0 amide bonds. The first-order chi connectivity index (χ1) is 10.4. The largest absolute Gasteiger partial charge is 0.465 e. The monoisotopic (exact) mass is 311 g/mol. The van der Waals surface area contributed by atoms with Crippen LogP contribution in [0.2, 0.25) is 0 Å². The topological polar surface area (TPSA) is 45.8 Å². The molecule has 0 aliphatic heterocycles. The van der Waals surface area contributed by atoms with E-state index in [4.69, 9.17) is 9.15 Å². The number of furan rings is 1. The lowest BCUT2D eigenvalue weighted by atomic mass is 10.1. The van der Waals surface area contributed by atoms with Gasteiger partial charge in [-0.05, 0) is 43.9 Å². The van der Waals surface area contributed by atoms with E-state index in [2.05, 4.69) is 32.6 Å². The third-order valence-corrected chi connectivity index (χ3v) is 3.43. The highest BCUT2D eigenvalue weighted by Crippen LogP contribution is 2.12. The summed E-state index contributed by atoms with van der Waals surface area (Å²) in [5.74, 6) is 3.03. The van der Waals surface area contributed by atoms with E-state index < -0.39 is 6.10 Å². The summed E-state index contributed by atoms with van der Waals surface area (Å²) in [6.45, 7) is 14.0. The Balaban J connectivity index is 2.46. The molecule has 4 nitrogen and oxygen atoms in total. The fraction of sp³-hybridized carbons (Fsp3) is 0.778. The van der Waals surface area contributed by atoms with Crippen molar-refractivity contribution in [2.75, 3.05) is 26.3 Å². The zero-order valence-electron chi connectivity index (χ0n) is 14.8. The molecule has 0 spiro atoms. The van der Waals surface area contributed by atoms with Gasteiger partial charge < -0.3 is 14.3 Å². The van der Waals surface area contributed by atoms with Gasteiger partial charge in [0.1, 0.15) is 11.5 Å². The van der Waals surface area contributed by atoms with Crippen LogP contribution in [0.5, 0.6) is 0 Å². The molecule has 1 aromatic heterocycles. The Hall–Kier alpha value is -0.840. The minimum atomic E-state index is -0.457. The minimum Gasteiger partial charge on any atom is -0.465 e. The molecule has 1 N–H and O–H groups in total. The molecule has 0 radical (unpaired) electrons. The number of aliphatic hydroxyl groups is 1. The molecular formula is C18H33NO3. The van der Waals surface area contributed by atoms with Crippen molar-refractivity contribution in [2.45, 2.75) is 53.7 Å². The highest BCUT2D eigenvalue weighted by atomic mass is 16.5. The first-order valence-electron chi connectivity index (χ1n) is 8.40. The van der Waals surface area contributed by atoms with E-state index in [9.17, 15) is 5.11 Å². The first-order valence-corrected chi connectivity index (χ1v) is 8.40. The highest BCUT2D eigenvalue weighted by molar-refractivity contribution is 5.05. The molecule has 1 heterocycles. The molecule has 0 bridgehead atoms. The Morgan fingerprint density at radius 2 is 1.86 bits per heavy atom. The molecule has 0 aliphatic carbocycles. The summed E-state index contributed by atoms with van der Waals surface area (Å²) >= 11 is 0. The summed E-state index contributed by atoms with van der Waals surface area (Å²) < 4.78 is 11.2. The Labute approximate surface area is 135 Å². The van der Waals surface area contributed by atoms with Gasteiger partial charge in [-0.3, -0.25) is 4.90 Å². The van der Waals surface area contributed by atoms with Gasteiger partial charge >= 0.3 is 0 Å². The highest BCUT2D eigenvalue weighted by Gasteiger charge is 2.15. The fourth-order valence-corrected chi connectivity index (χ4v) is 2.26. The molecule has 0 unspecified atom stereocenters. The second-order valence-corrected chi connectivity index (χ2v) is 7.02. The smallest absolute Gasteiger partial charge is 0.118 e. The van der Waals surface area contributed by atoms with E-state index in [1.807, 2.05) is 19.1 Å². The van der Waals surface area contributed by atoms with Crippen LogP contribution in [0, 0.1) is 18.8 Å². The lowest BCUT2D eigenvalue weighted by Gasteiger charge is -2.25. The van der Waals surface area contributed by atoms with E-state index >= 15 is 0 Å². The zero-order chi connectivity index (χ0) is 16.5. The van der Waals surface area contributed by atoms with Crippen molar-refractivity contribution in [1.82, 2.24) is 4.90 Å². The number of aryl methyl sites for hydroxylation is 1. The van der Waals surface area contributed by atoms with Crippen molar-refractivity contribution in [3.63, 3.8) is 0 Å². The quantitative estimate of drug-likeness (QED) is 0.680. The summed E-state index contributed by atoms with van der Waals surface area (Å²) in [6, 6.07) is 4.00. The van der Waals surface area contributed by atoms with Crippen LogP contribution >= 0.6 is 0 Å². The van der Waals surface area contributed by atoms with Gasteiger partial charge in [-0.15, -0.1) is 0 Å². The number of aliphatic hydroxyl groups excluding tert-OH is 1. The Morgan fingerprint density at radius 1 is 1.14 bits per heavy atom. The Bertz CT molecular complexity index is 401. The Morgan fingerprint density at radius 3 is 2.41 bits per heavy atom. The second kappa shape index (κ2) is 10.0. The number of hydrogen-bond acceptors (Lipinski definition) is 4. The van der Waals surface area contributed by atoms with Crippen molar-refractivity contribution in [3.05, 3.63) is 23.7 Å². The third kappa shape index (κ3) is 8.57. The van der Waals surface area contributed by atoms with Crippen LogP contribution in [0.15, 0.2) is 16.5 Å². The van der Waals surface area contributed by atoms with Gasteiger partial charge in [-0.2, -0.15) is 0 Å². The molecule has 128 valence electrons. The summed E-state index contributed by atoms with van der Waals surface area (Å²) in [4.78, 5) is 2.25. The molecule has 0 aliphatic rings. The molecule has 4 heteroatoms. The van der Waals surface area contributed by atoms with E-state index in [0.29, 0.717) is 31.6 Å². The fourth-order valence-electron chi connectivity index (χ4n) is 2.26. The van der Waals surface area contributed by atoms with Crippen LogP contribution < -0.4 is 0 Å². The van der Waals surface area contributed by atoms with Crippen LogP contribution in [-0.4, -0.2) is 42.4 Å². The van der Waals surface area contributed by atoms with E-state index in [1.54, 1.807) is 0 Å². The number of hydrogen-bond donors (Lipinski definition) is 1. The standard InChI is InChI=1S/C18H33NO3/c1-14(2)8-9-19(11-18-7-6-16(5)22-18)10-17(20)13-21-12-15(3)4/h6-7,14-15,17,20H,8-13H2,1-5H3/t17-/m1/s1. The maximum absolute atomic E-state index is 10.2. The minimum absolute atomic E-state index is 0.396. The van der Waals surface area contributed by atoms with Gasteiger partial charge in [-0.25, -0.2) is 0 Å². The van der Waals surface area contributed by atoms with Crippen molar-refractivity contribution >= 4 is 0 Å². The Kier molecular flexibility index (Phi) is 8.76. The predicted octanol–water partition coefficient (Wildman–Crippen LogP) is 3.47. The predicted molar refractivity (Wildman–Crippen MR) is 89.8 cm³/mol. The van der Waals surface area contributed by atoms with Crippen LogP contribution in [0.25, 0.3) is 0 Å². The molecule has 1 rings (SSSR count). The third-order valence-electron chi connectivity index (χ3n) is 3.43. The van der Waals surface area contributed by atoms with Crippen molar-refractivity contribution in [2.24, 2.45) is 11.8 Å². The zero-order valence-corrected chi connectivity index (χ0v) is 14.8. The summed E-state index contributed by atoms with van der Waals surface area (Å²) in [7, 11) is 0. The van der Waals surface area contributed by atoms with E-state index in [-0.39, 0.29) is 0 Å². The molecule has 0 saturated carbocycles. The van der Waals surface area contributed by atoms with Crippen LogP contribution in [0.1, 0.15) is 45.6 Å². The molecule has 1 atom stereocenters. The summed E-state index contributed by atoms with van der Waals surface area (Å²) in [5.41, 5.74) is 0. The van der Waals surface area contributed by atoms with Crippen LogP contribution in [-0.2, 0) is 11.3 Å². The van der Waals surface area contributed by atoms with Gasteiger partial charge in [-0.1, -0.05) is 27.7 Å². The molecule has 1 aromatic rings. The average Bonchev–Trinajstić information content (AvgIpc) is 2.81. The van der Waals surface area contributed by atoms with Crippen molar-refractivity contribution in [3.8, 4) is 0 Å². The van der Waals surface area contributed by atoms with Crippen molar-refractivity contribution < 1.29 is 14.3 Å². The van der Waals surface area contributed by atoms with Gasteiger partial charge in [0.2, 0.25) is 0 Å². The molecule has 0 fully saturated rings. The van der Waals surface area contributed by atoms with E-state index in [0.717, 1.165) is 31.0 Å². The van der Waals surface area contributed by atoms with Gasteiger partial charge in [0, 0.05) is 13.2 Å². The average molecular weight is 311 g/mol. The maximum Gasteiger partial charge on any atom is 0.118 e. The second-order valence-electron chi connectivity index (χ2n) is 7.02. The van der Waals surface area contributed by atoms with Gasteiger partial charge in [0.15, 0.2) is 0 Å². The lowest BCUT2D eigenvalue weighted by molar-refractivity contribution is 0.00535. The molecule has 0 saturated heterocycles. The maximum atomic E-state index is 10.2. The lowest BCUT2D eigenvalue weighted by Crippen LogP contribution is -2.35. The number of rotatable bonds is 11. The first kappa shape index (κ1) is 19.2. The van der Waals surface area contributed by atoms with Gasteiger partial charge in [0.05, 0.1) is 19.3 Å². The normalized spacial score (nSPS) is 13.5. The van der Waals surface area contributed by atoms with Crippen LogP contribution in [0.3, 0.4) is 0 Å².